The predicted octanol–water partition coefficient (Wildman–Crippen LogP) is 2.28. The van der Waals surface area contributed by atoms with Crippen LogP contribution in [0.1, 0.15) is 18.4 Å². The molecule has 0 aromatic heterocycles. The maximum absolute atomic E-state index is 12.3. The highest BCUT2D eigenvalue weighted by Crippen LogP contribution is 2.30. The van der Waals surface area contributed by atoms with Crippen molar-refractivity contribution in [3.8, 4) is 0 Å². The topological polar surface area (TPSA) is 57.6 Å². The Kier molecular flexibility index (Phi) is 4.74. The zero-order chi connectivity index (χ0) is 14.0. The van der Waals surface area contributed by atoms with Crippen LogP contribution in [-0.2, 0) is 15.8 Å². The van der Waals surface area contributed by atoms with E-state index in [-0.39, 0.29) is 24.9 Å². The molecule has 0 atom stereocenters. The van der Waals surface area contributed by atoms with Crippen LogP contribution in [0.2, 0.25) is 10.0 Å². The third-order valence-corrected chi connectivity index (χ3v) is 5.23. The minimum atomic E-state index is -3.45. The fourth-order valence-electron chi connectivity index (χ4n) is 2.00. The Bertz CT molecular complexity index is 538. The van der Waals surface area contributed by atoms with Crippen LogP contribution in [0.25, 0.3) is 0 Å². The van der Waals surface area contributed by atoms with Crippen molar-refractivity contribution in [1.82, 2.24) is 4.31 Å². The van der Waals surface area contributed by atoms with E-state index in [1.807, 2.05) is 0 Å². The van der Waals surface area contributed by atoms with Gasteiger partial charge in [0.2, 0.25) is 10.0 Å². The number of aliphatic hydroxyl groups excluding tert-OH is 1. The first-order chi connectivity index (χ1) is 8.92. The van der Waals surface area contributed by atoms with Crippen LogP contribution in [0, 0.1) is 0 Å². The molecular weight excluding hydrogens is 309 g/mol. The van der Waals surface area contributed by atoms with Crippen molar-refractivity contribution in [2.45, 2.75) is 24.6 Å². The van der Waals surface area contributed by atoms with Gasteiger partial charge in [0.25, 0.3) is 0 Å². The van der Waals surface area contributed by atoms with Crippen molar-refractivity contribution in [2.24, 2.45) is 0 Å². The number of halogens is 2. The van der Waals surface area contributed by atoms with Gasteiger partial charge in [-0.05, 0) is 36.6 Å². The van der Waals surface area contributed by atoms with Crippen LogP contribution in [0.4, 0.5) is 0 Å². The molecule has 1 aliphatic carbocycles. The van der Waals surface area contributed by atoms with E-state index >= 15 is 0 Å². The number of rotatable bonds is 6. The summed E-state index contributed by atoms with van der Waals surface area (Å²) in [6, 6.07) is 4.78. The van der Waals surface area contributed by atoms with E-state index in [1.54, 1.807) is 18.2 Å². The van der Waals surface area contributed by atoms with Crippen LogP contribution in [0.5, 0.6) is 0 Å². The van der Waals surface area contributed by atoms with Crippen molar-refractivity contribution in [3.05, 3.63) is 33.8 Å². The summed E-state index contributed by atoms with van der Waals surface area (Å²) in [6.45, 7) is -0.0344. The Hall–Kier alpha value is -0.330. The van der Waals surface area contributed by atoms with Gasteiger partial charge in [-0.15, -0.1) is 0 Å². The molecule has 0 spiro atoms. The lowest BCUT2D eigenvalue weighted by molar-refractivity contribution is 0.250. The molecular formula is C12H15Cl2NO3S. The van der Waals surface area contributed by atoms with Crippen LogP contribution in [-0.4, -0.2) is 37.0 Å². The van der Waals surface area contributed by atoms with Gasteiger partial charge in [0, 0.05) is 22.6 Å². The van der Waals surface area contributed by atoms with Gasteiger partial charge >= 0.3 is 0 Å². The second-order valence-electron chi connectivity index (χ2n) is 4.60. The highest BCUT2D eigenvalue weighted by molar-refractivity contribution is 7.88. The van der Waals surface area contributed by atoms with E-state index in [4.69, 9.17) is 28.3 Å². The average molecular weight is 324 g/mol. The van der Waals surface area contributed by atoms with Crippen molar-refractivity contribution >= 4 is 33.2 Å². The summed E-state index contributed by atoms with van der Waals surface area (Å²) in [4.78, 5) is 0. The lowest BCUT2D eigenvalue weighted by atomic mass is 10.2. The molecule has 1 N–H and O–H groups in total. The summed E-state index contributed by atoms with van der Waals surface area (Å²) < 4.78 is 26.0. The van der Waals surface area contributed by atoms with Gasteiger partial charge < -0.3 is 5.11 Å². The summed E-state index contributed by atoms with van der Waals surface area (Å²) in [6.07, 6.45) is 1.71. The molecule has 106 valence electrons. The van der Waals surface area contributed by atoms with Gasteiger partial charge in [-0.2, -0.15) is 4.31 Å². The first-order valence-electron chi connectivity index (χ1n) is 5.98. The predicted molar refractivity (Wildman–Crippen MR) is 75.9 cm³/mol. The van der Waals surface area contributed by atoms with E-state index in [1.165, 1.54) is 4.31 Å². The second kappa shape index (κ2) is 5.97. The molecule has 0 amide bonds. The smallest absolute Gasteiger partial charge is 0.218 e. The first-order valence-corrected chi connectivity index (χ1v) is 8.34. The summed E-state index contributed by atoms with van der Waals surface area (Å²) in [5.74, 6) is -0.149. The quantitative estimate of drug-likeness (QED) is 0.873. The van der Waals surface area contributed by atoms with Crippen molar-refractivity contribution in [3.63, 3.8) is 0 Å². The summed E-state index contributed by atoms with van der Waals surface area (Å²) in [5.41, 5.74) is 0.557. The molecule has 0 unspecified atom stereocenters. The molecule has 1 saturated carbocycles. The Morgan fingerprint density at radius 1 is 1.21 bits per heavy atom. The molecule has 4 nitrogen and oxygen atoms in total. The fourth-order valence-corrected chi connectivity index (χ4v) is 4.35. The summed E-state index contributed by atoms with van der Waals surface area (Å²) in [5, 5.41) is 9.81. The van der Waals surface area contributed by atoms with Crippen LogP contribution in [0.3, 0.4) is 0 Å². The number of nitrogens with zero attached hydrogens (tertiary/aromatic N) is 1. The minimum Gasteiger partial charge on any atom is -0.395 e. The normalized spacial score (nSPS) is 16.0. The number of hydrogen-bond donors (Lipinski definition) is 1. The summed E-state index contributed by atoms with van der Waals surface area (Å²) in [7, 11) is -3.45. The zero-order valence-corrected chi connectivity index (χ0v) is 12.5. The maximum atomic E-state index is 12.3. The molecule has 0 saturated heterocycles. The molecule has 1 aliphatic rings. The lowest BCUT2D eigenvalue weighted by Crippen LogP contribution is -2.36. The maximum Gasteiger partial charge on any atom is 0.218 e. The number of hydrogen-bond acceptors (Lipinski definition) is 3. The van der Waals surface area contributed by atoms with Crippen LogP contribution >= 0.6 is 23.2 Å². The minimum absolute atomic E-state index is 0.0341. The fraction of sp³-hybridized carbons (Fsp3) is 0.500. The van der Waals surface area contributed by atoms with Gasteiger partial charge in [0.05, 0.1) is 12.4 Å². The van der Waals surface area contributed by atoms with E-state index in [0.29, 0.717) is 15.6 Å². The van der Waals surface area contributed by atoms with Gasteiger partial charge in [-0.3, -0.25) is 0 Å². The Morgan fingerprint density at radius 3 is 2.26 bits per heavy atom. The Labute approximate surface area is 123 Å². The van der Waals surface area contributed by atoms with Gasteiger partial charge in [-0.1, -0.05) is 23.2 Å². The van der Waals surface area contributed by atoms with Gasteiger partial charge in [0.1, 0.15) is 0 Å². The molecule has 0 bridgehead atoms. The molecule has 0 aliphatic heterocycles. The summed E-state index contributed by atoms with van der Waals surface area (Å²) >= 11 is 11.7. The van der Waals surface area contributed by atoms with E-state index in [9.17, 15) is 8.42 Å². The number of aliphatic hydroxyl groups is 1. The molecule has 7 heteroatoms. The molecule has 1 aromatic rings. The highest BCUT2D eigenvalue weighted by Gasteiger charge is 2.36. The standard InChI is InChI=1S/C12H15Cl2NO3S/c13-10-5-9(6-11(14)7-10)8-19(17,18)15(3-4-16)12-1-2-12/h5-7,12,16H,1-4,8H2. The largest absolute Gasteiger partial charge is 0.395 e. The van der Waals surface area contributed by atoms with E-state index in [2.05, 4.69) is 0 Å². The van der Waals surface area contributed by atoms with Gasteiger partial charge in [0.15, 0.2) is 0 Å². The highest BCUT2D eigenvalue weighted by atomic mass is 35.5. The van der Waals surface area contributed by atoms with Crippen molar-refractivity contribution < 1.29 is 13.5 Å². The first kappa shape index (κ1) is 15.1. The SMILES string of the molecule is O=S(=O)(Cc1cc(Cl)cc(Cl)c1)N(CCO)C1CC1. The third-order valence-electron chi connectivity index (χ3n) is 2.90. The molecule has 19 heavy (non-hydrogen) atoms. The van der Waals surface area contributed by atoms with Crippen LogP contribution in [0.15, 0.2) is 18.2 Å². The monoisotopic (exact) mass is 323 g/mol. The average Bonchev–Trinajstić information content (AvgIpc) is 3.07. The number of sulfonamides is 1. The molecule has 2 rings (SSSR count). The second-order valence-corrected chi connectivity index (χ2v) is 7.39. The number of benzene rings is 1. The molecule has 1 fully saturated rings. The zero-order valence-electron chi connectivity index (χ0n) is 10.2. The van der Waals surface area contributed by atoms with E-state index < -0.39 is 10.0 Å². The molecule has 0 heterocycles. The molecule has 1 aromatic carbocycles. The third kappa shape index (κ3) is 4.07. The van der Waals surface area contributed by atoms with Crippen molar-refractivity contribution in [2.75, 3.05) is 13.2 Å². The Balaban J connectivity index is 2.19. The Morgan fingerprint density at radius 2 is 1.79 bits per heavy atom. The van der Waals surface area contributed by atoms with Crippen molar-refractivity contribution in [1.29, 1.82) is 0 Å². The van der Waals surface area contributed by atoms with E-state index in [0.717, 1.165) is 12.8 Å². The van der Waals surface area contributed by atoms with Crippen LogP contribution < -0.4 is 0 Å². The van der Waals surface area contributed by atoms with Gasteiger partial charge in [-0.25, -0.2) is 8.42 Å². The lowest BCUT2D eigenvalue weighted by Gasteiger charge is -2.20. The molecule has 0 radical (unpaired) electrons.